The average Bonchev–Trinajstić information content (AvgIpc) is 3.10. The summed E-state index contributed by atoms with van der Waals surface area (Å²) in [5.41, 5.74) is 3.36. The Bertz CT molecular complexity index is 1520. The molecule has 0 bridgehead atoms. The maximum Gasteiger partial charge on any atom is 0.269 e. The van der Waals surface area contributed by atoms with Crippen LogP contribution in [0, 0.1) is 6.92 Å². The molecule has 0 unspecified atom stereocenters. The van der Waals surface area contributed by atoms with E-state index in [0.717, 1.165) is 27.5 Å². The molecule has 0 N–H and O–H groups in total. The van der Waals surface area contributed by atoms with E-state index in [0.29, 0.717) is 10.1 Å². The van der Waals surface area contributed by atoms with Crippen LogP contribution in [0.1, 0.15) is 5.56 Å². The molecular weight excluding hydrogens is 460 g/mol. The lowest BCUT2D eigenvalue weighted by molar-refractivity contribution is 0.588. The topological polar surface area (TPSA) is 52.0 Å². The summed E-state index contributed by atoms with van der Waals surface area (Å²) in [7, 11) is -3.74. The molecule has 3 aromatic carbocycles. The van der Waals surface area contributed by atoms with Crippen LogP contribution in [0.2, 0.25) is 0 Å². The zero-order valence-corrected chi connectivity index (χ0v) is 18.5. The smallest absolute Gasteiger partial charge is 0.237 e. The van der Waals surface area contributed by atoms with Crippen LogP contribution in [-0.4, -0.2) is 17.4 Å². The summed E-state index contributed by atoms with van der Waals surface area (Å²) in [5, 5.41) is 3.07. The predicted molar refractivity (Wildman–Crippen MR) is 124 cm³/mol. The molecule has 0 saturated carbocycles. The largest absolute Gasteiger partial charge is 0.269 e. The molecule has 148 valence electrons. The Kier molecular flexibility index (Phi) is 4.49. The van der Waals surface area contributed by atoms with Crippen molar-refractivity contribution in [2.75, 3.05) is 0 Å². The lowest BCUT2D eigenvalue weighted by Gasteiger charge is -2.08. The van der Waals surface area contributed by atoms with Crippen LogP contribution in [0.3, 0.4) is 0 Å². The zero-order valence-electron chi connectivity index (χ0n) is 16.1. The van der Waals surface area contributed by atoms with Gasteiger partial charge in [-0.15, -0.1) is 0 Å². The maximum atomic E-state index is 13.2. The van der Waals surface area contributed by atoms with Crippen molar-refractivity contribution in [1.82, 2.24) is 8.96 Å². The Morgan fingerprint density at radius 2 is 1.60 bits per heavy atom. The van der Waals surface area contributed by atoms with Crippen molar-refractivity contribution in [2.24, 2.45) is 0 Å². The number of rotatable bonds is 3. The molecule has 5 rings (SSSR count). The minimum absolute atomic E-state index is 0.234. The number of fused-ring (bicyclic) bond motifs is 2. The van der Waals surface area contributed by atoms with Gasteiger partial charge >= 0.3 is 0 Å². The molecule has 0 amide bonds. The zero-order chi connectivity index (χ0) is 20.9. The fourth-order valence-corrected chi connectivity index (χ4v) is 5.53. The van der Waals surface area contributed by atoms with E-state index in [4.69, 9.17) is 0 Å². The van der Waals surface area contributed by atoms with Crippen LogP contribution >= 0.6 is 15.9 Å². The third-order valence-electron chi connectivity index (χ3n) is 5.22. The number of nitrogens with zero attached hydrogens (tertiary/aromatic N) is 2. The molecule has 0 spiro atoms. The number of benzene rings is 3. The highest BCUT2D eigenvalue weighted by Gasteiger charge is 2.22. The first kappa shape index (κ1) is 19.0. The third kappa shape index (κ3) is 3.13. The van der Waals surface area contributed by atoms with Gasteiger partial charge in [0.15, 0.2) is 5.65 Å². The molecule has 2 heterocycles. The van der Waals surface area contributed by atoms with Crippen LogP contribution in [0.15, 0.2) is 94.6 Å². The Hall–Kier alpha value is -2.96. The van der Waals surface area contributed by atoms with Gasteiger partial charge in [-0.25, -0.2) is 17.4 Å². The first-order valence-electron chi connectivity index (χ1n) is 9.41. The quantitative estimate of drug-likeness (QED) is 0.313. The Labute approximate surface area is 183 Å². The number of aryl methyl sites for hydroxylation is 1. The molecule has 0 aliphatic rings. The van der Waals surface area contributed by atoms with E-state index in [9.17, 15) is 8.42 Å². The fraction of sp³-hybridized carbons (Fsp3) is 0.0417. The molecule has 4 nitrogen and oxygen atoms in total. The summed E-state index contributed by atoms with van der Waals surface area (Å²) >= 11 is 3.52. The SMILES string of the molecule is Cc1ccc(S(=O)(=O)n2cc(Br)c3cc(-c4ccc5ccccc5c4)cnc32)cc1. The van der Waals surface area contributed by atoms with Crippen LogP contribution < -0.4 is 0 Å². The second-order valence-electron chi connectivity index (χ2n) is 7.25. The van der Waals surface area contributed by atoms with Crippen molar-refractivity contribution in [2.45, 2.75) is 11.8 Å². The molecule has 0 saturated heterocycles. The maximum absolute atomic E-state index is 13.2. The first-order valence-corrected chi connectivity index (χ1v) is 11.6. The summed E-state index contributed by atoms with van der Waals surface area (Å²) < 4.78 is 28.3. The van der Waals surface area contributed by atoms with Gasteiger partial charge in [0.2, 0.25) is 0 Å². The van der Waals surface area contributed by atoms with Gasteiger partial charge in [-0.2, -0.15) is 0 Å². The van der Waals surface area contributed by atoms with Crippen LogP contribution in [0.25, 0.3) is 32.9 Å². The summed E-state index contributed by atoms with van der Waals surface area (Å²) in [6.45, 7) is 1.92. The molecule has 0 aliphatic heterocycles. The van der Waals surface area contributed by atoms with E-state index in [1.54, 1.807) is 36.7 Å². The Morgan fingerprint density at radius 1 is 0.867 bits per heavy atom. The molecule has 0 radical (unpaired) electrons. The van der Waals surface area contributed by atoms with Crippen LogP contribution in [-0.2, 0) is 10.0 Å². The third-order valence-corrected chi connectivity index (χ3v) is 7.52. The van der Waals surface area contributed by atoms with Gasteiger partial charge in [-0.1, -0.05) is 54.1 Å². The summed E-state index contributed by atoms with van der Waals surface area (Å²) in [5.74, 6) is 0. The predicted octanol–water partition coefficient (Wildman–Crippen LogP) is 6.16. The van der Waals surface area contributed by atoms with Gasteiger partial charge in [-0.05, 0) is 63.5 Å². The molecular formula is C24H17BrN2O2S. The minimum atomic E-state index is -3.74. The van der Waals surface area contributed by atoms with E-state index in [1.807, 2.05) is 25.1 Å². The van der Waals surface area contributed by atoms with Gasteiger partial charge in [0, 0.05) is 27.8 Å². The lowest BCUT2D eigenvalue weighted by atomic mass is 10.0. The fourth-order valence-electron chi connectivity index (χ4n) is 3.58. The van der Waals surface area contributed by atoms with Gasteiger partial charge in [0.1, 0.15) is 0 Å². The van der Waals surface area contributed by atoms with Crippen molar-refractivity contribution >= 4 is 47.8 Å². The van der Waals surface area contributed by atoms with E-state index in [2.05, 4.69) is 51.2 Å². The second kappa shape index (κ2) is 7.07. The second-order valence-corrected chi connectivity index (χ2v) is 9.92. The van der Waals surface area contributed by atoms with Crippen molar-refractivity contribution in [3.8, 4) is 11.1 Å². The molecule has 0 fully saturated rings. The van der Waals surface area contributed by atoms with E-state index in [-0.39, 0.29) is 4.90 Å². The van der Waals surface area contributed by atoms with Crippen LogP contribution in [0.4, 0.5) is 0 Å². The van der Waals surface area contributed by atoms with Gasteiger partial charge in [-0.3, -0.25) is 0 Å². The van der Waals surface area contributed by atoms with Crippen molar-refractivity contribution in [3.63, 3.8) is 0 Å². The monoisotopic (exact) mass is 476 g/mol. The van der Waals surface area contributed by atoms with Gasteiger partial charge < -0.3 is 0 Å². The van der Waals surface area contributed by atoms with E-state index in [1.165, 1.54) is 9.36 Å². The van der Waals surface area contributed by atoms with Gasteiger partial charge in [0.05, 0.1) is 4.90 Å². The van der Waals surface area contributed by atoms with Crippen molar-refractivity contribution in [1.29, 1.82) is 0 Å². The first-order chi connectivity index (χ1) is 14.4. The Balaban J connectivity index is 1.64. The molecule has 0 aliphatic carbocycles. The number of pyridine rings is 1. The molecule has 6 heteroatoms. The standard InChI is InChI=1S/C24H17BrN2O2S/c1-16-6-10-21(11-7-16)30(28,29)27-15-23(25)22-13-20(14-26-24(22)27)19-9-8-17-4-2-3-5-18(17)12-19/h2-15H,1H3. The Morgan fingerprint density at radius 3 is 2.37 bits per heavy atom. The molecule has 30 heavy (non-hydrogen) atoms. The molecule has 2 aromatic heterocycles. The molecule has 0 atom stereocenters. The van der Waals surface area contributed by atoms with Crippen molar-refractivity contribution in [3.05, 3.63) is 95.2 Å². The van der Waals surface area contributed by atoms with E-state index < -0.39 is 10.0 Å². The summed E-state index contributed by atoms with van der Waals surface area (Å²) in [6, 6.07) is 23.2. The normalized spacial score (nSPS) is 11.9. The van der Waals surface area contributed by atoms with Gasteiger partial charge in [0.25, 0.3) is 10.0 Å². The number of hydrogen-bond acceptors (Lipinski definition) is 3. The number of halogens is 1. The summed E-state index contributed by atoms with van der Waals surface area (Å²) in [6.07, 6.45) is 3.29. The molecule has 5 aromatic rings. The van der Waals surface area contributed by atoms with Crippen molar-refractivity contribution < 1.29 is 8.42 Å². The van der Waals surface area contributed by atoms with E-state index >= 15 is 0 Å². The lowest BCUT2D eigenvalue weighted by Crippen LogP contribution is -2.12. The van der Waals surface area contributed by atoms with Crippen LogP contribution in [0.5, 0.6) is 0 Å². The summed E-state index contributed by atoms with van der Waals surface area (Å²) in [4.78, 5) is 4.76. The highest BCUT2D eigenvalue weighted by Crippen LogP contribution is 2.32. The highest BCUT2D eigenvalue weighted by atomic mass is 79.9. The number of aromatic nitrogens is 2. The average molecular weight is 477 g/mol. The highest BCUT2D eigenvalue weighted by molar-refractivity contribution is 9.10. The number of hydrogen-bond donors (Lipinski definition) is 0. The minimum Gasteiger partial charge on any atom is -0.237 e.